The van der Waals surface area contributed by atoms with E-state index in [4.69, 9.17) is 4.42 Å². The maximum Gasteiger partial charge on any atom is 0.419 e. The third-order valence-corrected chi connectivity index (χ3v) is 6.05. The summed E-state index contributed by atoms with van der Waals surface area (Å²) < 4.78 is 74.6. The molecule has 0 aliphatic rings. The molecule has 14 heteroatoms. The minimum absolute atomic E-state index is 0.00279. The number of aryl methyl sites for hydroxylation is 2. The van der Waals surface area contributed by atoms with E-state index in [1.807, 2.05) is 0 Å². The minimum Gasteiger partial charge on any atom is -0.444 e. The summed E-state index contributed by atoms with van der Waals surface area (Å²) in [6.07, 6.45) is -5.46. The van der Waals surface area contributed by atoms with Crippen molar-refractivity contribution in [3.8, 4) is 11.3 Å². The Balaban J connectivity index is 1.63. The number of furan rings is 1. The summed E-state index contributed by atoms with van der Waals surface area (Å²) in [5.74, 6) is -3.42. The first kappa shape index (κ1) is 24.3. The summed E-state index contributed by atoms with van der Waals surface area (Å²) in [6.45, 7) is 1.51. The van der Waals surface area contributed by atoms with Gasteiger partial charge in [0, 0.05) is 30.6 Å². The standard InChI is InChI=1S/C21H15F5N4O4S/c1-8-10(15-17(32)29(2)20(33)30(3)18(15)34-8)6-14(31)28-19-27-13(7-35-19)11-4-9(22)5-12(16(11)23)21(24,25)26/h4-5,7H,6H2,1-3H3,(H,27,28,31). The largest absolute Gasteiger partial charge is 0.444 e. The number of nitrogens with zero attached hydrogens (tertiary/aromatic N) is 3. The van der Waals surface area contributed by atoms with Crippen molar-refractivity contribution >= 4 is 33.5 Å². The molecule has 3 aromatic heterocycles. The van der Waals surface area contributed by atoms with Crippen molar-refractivity contribution in [1.29, 1.82) is 0 Å². The van der Waals surface area contributed by atoms with Crippen LogP contribution in [0, 0.1) is 18.6 Å². The van der Waals surface area contributed by atoms with Gasteiger partial charge in [-0.1, -0.05) is 0 Å². The number of alkyl halides is 3. The van der Waals surface area contributed by atoms with Crippen LogP contribution in [0.15, 0.2) is 31.5 Å². The highest BCUT2D eigenvalue weighted by molar-refractivity contribution is 7.14. The monoisotopic (exact) mass is 514 g/mol. The molecule has 35 heavy (non-hydrogen) atoms. The third kappa shape index (κ3) is 4.24. The molecular weight excluding hydrogens is 499 g/mol. The van der Waals surface area contributed by atoms with Crippen LogP contribution in [0.4, 0.5) is 27.1 Å². The molecule has 0 atom stereocenters. The number of rotatable bonds is 4. The third-order valence-electron chi connectivity index (χ3n) is 5.29. The molecule has 0 fully saturated rings. The number of fused-ring (bicyclic) bond motifs is 1. The molecule has 8 nitrogen and oxygen atoms in total. The second-order valence-corrected chi connectivity index (χ2v) is 8.46. The molecule has 0 aliphatic carbocycles. The average Bonchev–Trinajstić information content (AvgIpc) is 3.36. The van der Waals surface area contributed by atoms with Gasteiger partial charge in [-0.15, -0.1) is 11.3 Å². The Bertz CT molecular complexity index is 1610. The van der Waals surface area contributed by atoms with Crippen LogP contribution < -0.4 is 16.6 Å². The van der Waals surface area contributed by atoms with E-state index in [-0.39, 0.29) is 45.7 Å². The zero-order chi connectivity index (χ0) is 25.8. The van der Waals surface area contributed by atoms with Crippen LogP contribution in [-0.4, -0.2) is 20.0 Å². The Labute approximate surface area is 196 Å². The van der Waals surface area contributed by atoms with Gasteiger partial charge in [-0.25, -0.2) is 18.6 Å². The molecule has 0 saturated carbocycles. The number of hydrogen-bond donors (Lipinski definition) is 1. The Morgan fingerprint density at radius 2 is 1.86 bits per heavy atom. The van der Waals surface area contributed by atoms with Crippen molar-refractivity contribution in [2.45, 2.75) is 19.5 Å². The number of halogens is 5. The van der Waals surface area contributed by atoms with Crippen LogP contribution in [0.5, 0.6) is 0 Å². The van der Waals surface area contributed by atoms with Crippen LogP contribution in [0.3, 0.4) is 0 Å². The number of aromatic nitrogens is 3. The van der Waals surface area contributed by atoms with Gasteiger partial charge in [-0.05, 0) is 19.1 Å². The molecule has 3 heterocycles. The number of anilines is 1. The summed E-state index contributed by atoms with van der Waals surface area (Å²) in [5.41, 5.74) is -3.82. The van der Waals surface area contributed by atoms with Gasteiger partial charge in [0.25, 0.3) is 5.56 Å². The van der Waals surface area contributed by atoms with Gasteiger partial charge < -0.3 is 9.73 Å². The Morgan fingerprint density at radius 1 is 1.17 bits per heavy atom. The summed E-state index contributed by atoms with van der Waals surface area (Å²) in [5, 5.41) is 3.53. The van der Waals surface area contributed by atoms with Crippen LogP contribution >= 0.6 is 11.3 Å². The SMILES string of the molecule is Cc1oc2c(c1CC(=O)Nc1nc(-c3cc(F)cc(C(F)(F)F)c3F)cs1)c(=O)n(C)c(=O)n2C. The Hall–Kier alpha value is -3.81. The van der Waals surface area contributed by atoms with Crippen molar-refractivity contribution in [1.82, 2.24) is 14.1 Å². The van der Waals surface area contributed by atoms with Crippen LogP contribution in [0.1, 0.15) is 16.9 Å². The molecule has 1 N–H and O–H groups in total. The first-order valence-electron chi connectivity index (χ1n) is 9.79. The van der Waals surface area contributed by atoms with E-state index in [1.165, 1.54) is 21.0 Å². The van der Waals surface area contributed by atoms with Crippen molar-refractivity contribution in [3.63, 3.8) is 0 Å². The van der Waals surface area contributed by atoms with Gasteiger partial charge in [-0.2, -0.15) is 13.2 Å². The number of carbonyl (C=O) groups excluding carboxylic acids is 1. The highest BCUT2D eigenvalue weighted by Crippen LogP contribution is 2.37. The molecule has 1 aromatic carbocycles. The second kappa shape index (κ2) is 8.45. The van der Waals surface area contributed by atoms with E-state index in [0.29, 0.717) is 6.07 Å². The number of thiazole rings is 1. The lowest BCUT2D eigenvalue weighted by Gasteiger charge is -2.10. The summed E-state index contributed by atoms with van der Waals surface area (Å²) >= 11 is 0.783. The van der Waals surface area contributed by atoms with Crippen molar-refractivity contribution in [2.75, 3.05) is 5.32 Å². The number of hydrogen-bond acceptors (Lipinski definition) is 6. The van der Waals surface area contributed by atoms with Crippen molar-refractivity contribution in [3.05, 3.63) is 66.9 Å². The van der Waals surface area contributed by atoms with Crippen LogP contribution in [-0.2, 0) is 31.5 Å². The predicted molar refractivity (Wildman–Crippen MR) is 116 cm³/mol. The zero-order valence-electron chi connectivity index (χ0n) is 18.2. The number of benzene rings is 1. The quantitative estimate of drug-likeness (QED) is 0.419. The molecule has 0 bridgehead atoms. The molecular formula is C21H15F5N4O4S. The molecule has 0 saturated heterocycles. The lowest BCUT2D eigenvalue weighted by Crippen LogP contribution is -2.36. The van der Waals surface area contributed by atoms with Gasteiger partial charge in [0.2, 0.25) is 11.6 Å². The lowest BCUT2D eigenvalue weighted by molar-refractivity contribution is -0.140. The van der Waals surface area contributed by atoms with E-state index in [2.05, 4.69) is 10.3 Å². The fraction of sp³-hybridized carbons (Fsp3) is 0.238. The maximum atomic E-state index is 14.4. The van der Waals surface area contributed by atoms with Crippen molar-refractivity contribution < 1.29 is 31.2 Å². The van der Waals surface area contributed by atoms with Gasteiger partial charge in [0.15, 0.2) is 5.13 Å². The molecule has 4 rings (SSSR count). The topological polar surface area (TPSA) is 99.1 Å². The van der Waals surface area contributed by atoms with E-state index in [0.717, 1.165) is 25.9 Å². The highest BCUT2D eigenvalue weighted by Gasteiger charge is 2.36. The van der Waals surface area contributed by atoms with Gasteiger partial charge in [0.05, 0.1) is 17.7 Å². The Kier molecular flexibility index (Phi) is 5.87. The molecule has 0 spiro atoms. The molecule has 0 radical (unpaired) electrons. The first-order valence-corrected chi connectivity index (χ1v) is 10.7. The van der Waals surface area contributed by atoms with E-state index in [1.54, 1.807) is 0 Å². The Morgan fingerprint density at radius 3 is 2.51 bits per heavy atom. The van der Waals surface area contributed by atoms with E-state index >= 15 is 0 Å². The summed E-state index contributed by atoms with van der Waals surface area (Å²) in [4.78, 5) is 41.2. The van der Waals surface area contributed by atoms with Crippen LogP contribution in [0.25, 0.3) is 22.4 Å². The lowest BCUT2D eigenvalue weighted by atomic mass is 10.1. The fourth-order valence-electron chi connectivity index (χ4n) is 3.56. The van der Waals surface area contributed by atoms with Crippen LogP contribution in [0.2, 0.25) is 0 Å². The predicted octanol–water partition coefficient (Wildman–Crippen LogP) is 3.74. The second-order valence-electron chi connectivity index (χ2n) is 7.60. The van der Waals surface area contributed by atoms with Gasteiger partial charge in [0.1, 0.15) is 22.8 Å². The average molecular weight is 514 g/mol. The molecule has 0 unspecified atom stereocenters. The number of amides is 1. The van der Waals surface area contributed by atoms with Gasteiger partial charge in [-0.3, -0.25) is 18.7 Å². The smallest absolute Gasteiger partial charge is 0.419 e. The van der Waals surface area contributed by atoms with Crippen molar-refractivity contribution in [2.24, 2.45) is 14.1 Å². The molecule has 1 amide bonds. The summed E-state index contributed by atoms with van der Waals surface area (Å²) in [6, 6.07) is 0.623. The number of nitrogens with one attached hydrogen (secondary N) is 1. The van der Waals surface area contributed by atoms with Gasteiger partial charge >= 0.3 is 11.9 Å². The first-order chi connectivity index (χ1) is 16.3. The normalized spacial score (nSPS) is 11.9. The van der Waals surface area contributed by atoms with E-state index in [9.17, 15) is 36.3 Å². The molecule has 4 aromatic rings. The summed E-state index contributed by atoms with van der Waals surface area (Å²) in [7, 11) is 2.69. The highest BCUT2D eigenvalue weighted by atomic mass is 32.1. The molecule has 0 aliphatic heterocycles. The zero-order valence-corrected chi connectivity index (χ0v) is 19.0. The van der Waals surface area contributed by atoms with E-state index < -0.39 is 46.1 Å². The fourth-order valence-corrected chi connectivity index (χ4v) is 4.29. The maximum absolute atomic E-state index is 14.4. The number of carbonyl (C=O) groups is 1. The molecule has 184 valence electrons. The minimum atomic E-state index is -5.11.